The van der Waals surface area contributed by atoms with Crippen LogP contribution in [0.1, 0.15) is 83.5 Å². The summed E-state index contributed by atoms with van der Waals surface area (Å²) in [6.45, 7) is 27.7. The van der Waals surface area contributed by atoms with E-state index in [0.29, 0.717) is 27.3 Å². The molecule has 0 saturated heterocycles. The standard InChI is InChI=1S/C49H45B33/c1-16-17(2)25(10)34-31(21(16)6)22(7)18(3)26(11)35(34)36-27(12)19(4)23(8)32-30(15)39-33(29(14)38(32)36)24(9)20(5)28(13)37(39)41-44(68-51)43(50)40-42(45(41)72(55)69-52)46(73(56)77(57)58)48(74(70-53)78(59)60)49(75(79(61)62)80(63)64)47(40)76(81(65)66)82(67)71-54/h1-15H3. The van der Waals surface area contributed by atoms with E-state index in [1.54, 1.807) is 0 Å². The van der Waals surface area contributed by atoms with Crippen LogP contribution in [0.2, 0.25) is 0 Å². The number of hydrogen-bond acceptors (Lipinski definition) is 0. The SMILES string of the molecule is [B][B]B([B])B(B([B])[B])c1c(B(B([B])[B])B([B])[B])c(B([B][B])B([B])[B])c(B([B])B([B])[B])c2c(B([B])[B][B])c(-c3c(C)c(C)c(C)c4c(C)c5c(-c6c(C)c(C)c(C)c7c(C)c(C)c(C)c(C)c67)c(C)c(C)c(C)c5c(C)c34)c([B][B])c([B])c12. The lowest BCUT2D eigenvalue weighted by molar-refractivity contribution is 1.22. The third-order valence-electron chi connectivity index (χ3n) is 19.5. The Balaban J connectivity index is 1.95. The van der Waals surface area contributed by atoms with Gasteiger partial charge in [0.2, 0.25) is 0 Å². The third kappa shape index (κ3) is 10.4. The molecule has 0 aliphatic carbocycles. The van der Waals surface area contributed by atoms with E-state index in [2.05, 4.69) is 104 Å². The molecule has 0 aromatic heterocycles. The van der Waals surface area contributed by atoms with Crippen LogP contribution in [0.4, 0.5) is 0 Å². The van der Waals surface area contributed by atoms with E-state index in [-0.39, 0.29) is 27.2 Å². The molecule has 7 aromatic rings. The maximum atomic E-state index is 7.87. The molecule has 33 heteroatoms. The highest BCUT2D eigenvalue weighted by molar-refractivity contribution is 7.89. The highest BCUT2D eigenvalue weighted by atomic mass is 14.3. The van der Waals surface area contributed by atoms with E-state index in [0.717, 1.165) is 55.1 Å². The van der Waals surface area contributed by atoms with Gasteiger partial charge in [-0.1, -0.05) is 27.3 Å². The Kier molecular flexibility index (Phi) is 20.9. The van der Waals surface area contributed by atoms with Gasteiger partial charge in [-0.25, -0.2) is 0 Å². The lowest BCUT2D eigenvalue weighted by atomic mass is 8.66. The maximum absolute atomic E-state index is 7.87. The van der Waals surface area contributed by atoms with Crippen molar-refractivity contribution < 1.29 is 0 Å². The minimum absolute atomic E-state index is 0.136. The van der Waals surface area contributed by atoms with Gasteiger partial charge in [0, 0.05) is 191 Å². The van der Waals surface area contributed by atoms with Gasteiger partial charge in [-0.3, -0.25) is 0 Å². The van der Waals surface area contributed by atoms with Crippen LogP contribution in [0.3, 0.4) is 0 Å². The second-order valence-corrected chi connectivity index (χ2v) is 23.6. The molecular weight excluding hydrogens is 945 g/mol. The van der Waals surface area contributed by atoms with Crippen molar-refractivity contribution in [3.63, 3.8) is 0 Å². The molecule has 0 atom stereocenters. The fraction of sp³-hybridized carbons (Fsp3) is 0.306. The first-order valence-electron chi connectivity index (χ1n) is 28.2. The summed E-state index contributed by atoms with van der Waals surface area (Å²) in [5.41, 5.74) is 23.6. The van der Waals surface area contributed by atoms with E-state index in [4.69, 9.17) is 139 Å². The van der Waals surface area contributed by atoms with Crippen LogP contribution in [0, 0.1) is 104 Å². The van der Waals surface area contributed by atoms with Gasteiger partial charge < -0.3 is 0 Å². The van der Waals surface area contributed by atoms with Crippen LogP contribution in [0.25, 0.3) is 65.3 Å². The number of aryl methyl sites for hydroxylation is 7. The first-order valence-corrected chi connectivity index (χ1v) is 28.2. The zero-order valence-corrected chi connectivity index (χ0v) is 51.1. The maximum Gasteiger partial charge on any atom is 0.113 e. The predicted molar refractivity (Wildman–Crippen MR) is 406 cm³/mol. The Morgan fingerprint density at radius 3 is 0.988 bits per heavy atom. The molecular formula is C49H45B33. The van der Waals surface area contributed by atoms with Gasteiger partial charge in [-0.2, -0.15) is 0 Å². The molecule has 0 unspecified atom stereocenters. The van der Waals surface area contributed by atoms with Crippen molar-refractivity contribution in [3.05, 3.63) is 83.5 Å². The molecule has 40 radical (unpaired) electrons. The highest BCUT2D eigenvalue weighted by Crippen LogP contribution is 2.51. The fourth-order valence-electron chi connectivity index (χ4n) is 14.3. The summed E-state index contributed by atoms with van der Waals surface area (Å²) in [6.07, 6.45) is -7.35. The van der Waals surface area contributed by atoms with Crippen molar-refractivity contribution >= 4 is 320 Å². The van der Waals surface area contributed by atoms with E-state index in [1.165, 1.54) is 106 Å². The van der Waals surface area contributed by atoms with Crippen molar-refractivity contribution in [2.24, 2.45) is 0 Å². The minimum atomic E-state index is -1.27. The number of fused-ring (bicyclic) bond motifs is 4. The molecule has 340 valence electrons. The summed E-state index contributed by atoms with van der Waals surface area (Å²) in [4.78, 5) is 0. The molecule has 7 aromatic carbocycles. The molecule has 0 aliphatic rings. The normalized spacial score (nSPS) is 11.3. The Bertz CT molecular complexity index is 3720. The van der Waals surface area contributed by atoms with E-state index < -0.39 is 70.8 Å². The van der Waals surface area contributed by atoms with E-state index in [1.807, 2.05) is 0 Å². The van der Waals surface area contributed by atoms with Crippen molar-refractivity contribution in [2.75, 3.05) is 0 Å². The Hall–Kier alpha value is -2.28. The van der Waals surface area contributed by atoms with Crippen molar-refractivity contribution in [3.8, 4) is 22.3 Å². The topological polar surface area (TPSA) is 0 Å². The molecule has 0 saturated carbocycles. The van der Waals surface area contributed by atoms with E-state index in [9.17, 15) is 0 Å². The van der Waals surface area contributed by atoms with Crippen molar-refractivity contribution in [2.45, 2.75) is 104 Å². The molecule has 0 nitrogen and oxygen atoms in total. The Labute approximate surface area is 525 Å². The molecule has 0 bridgehead atoms. The third-order valence-corrected chi connectivity index (χ3v) is 19.5. The lowest BCUT2D eigenvalue weighted by Gasteiger charge is -2.42. The lowest BCUT2D eigenvalue weighted by Crippen LogP contribution is -2.80. The average Bonchev–Trinajstić information content (AvgIpc) is 1.33. The molecule has 7 rings (SSSR count). The van der Waals surface area contributed by atoms with Gasteiger partial charge in [0.25, 0.3) is 0 Å². The Morgan fingerprint density at radius 1 is 0.280 bits per heavy atom. The molecule has 82 heavy (non-hydrogen) atoms. The quantitative estimate of drug-likeness (QED) is 0.0645. The zero-order chi connectivity index (χ0) is 61.8. The van der Waals surface area contributed by atoms with Gasteiger partial charge in [0.1, 0.15) is 7.85 Å². The van der Waals surface area contributed by atoms with Gasteiger partial charge in [-0.15, -0.1) is 10.9 Å². The van der Waals surface area contributed by atoms with Gasteiger partial charge in [0.15, 0.2) is 0 Å². The highest BCUT2D eigenvalue weighted by Gasteiger charge is 2.42. The second kappa shape index (κ2) is 25.4. The molecule has 0 fully saturated rings. The second-order valence-electron chi connectivity index (χ2n) is 23.6. The summed E-state index contributed by atoms with van der Waals surface area (Å²) in [7, 11) is 130. The van der Waals surface area contributed by atoms with Gasteiger partial charge in [0.05, 0.1) is 39.6 Å². The number of benzene rings is 7. The summed E-state index contributed by atoms with van der Waals surface area (Å²) in [6, 6.07) is 0. The fourth-order valence-corrected chi connectivity index (χ4v) is 14.3. The summed E-state index contributed by atoms with van der Waals surface area (Å²) < 4.78 is 0. The molecule has 0 amide bonds. The first kappa shape index (κ1) is 67.2. The van der Waals surface area contributed by atoms with Crippen LogP contribution >= 0.6 is 0 Å². The van der Waals surface area contributed by atoms with Crippen molar-refractivity contribution in [1.82, 2.24) is 0 Å². The molecule has 0 aliphatic heterocycles. The number of rotatable bonds is 17. The monoisotopic (exact) mass is 997 g/mol. The van der Waals surface area contributed by atoms with Gasteiger partial charge in [-0.05, 0) is 253 Å². The first-order chi connectivity index (χ1) is 38.2. The van der Waals surface area contributed by atoms with Gasteiger partial charge >= 0.3 is 0 Å². The smallest absolute Gasteiger partial charge is 0.113 e. The molecule has 0 N–H and O–H groups in total. The zero-order valence-electron chi connectivity index (χ0n) is 51.1. The van der Waals surface area contributed by atoms with Crippen LogP contribution in [0.5, 0.6) is 0 Å². The Morgan fingerprint density at radius 2 is 0.646 bits per heavy atom. The van der Waals surface area contributed by atoms with E-state index >= 15 is 0 Å². The number of hydrogen-bond donors (Lipinski definition) is 0. The summed E-state index contributed by atoms with van der Waals surface area (Å²) in [5.74, 6) is 0. The molecule has 0 heterocycles. The van der Waals surface area contributed by atoms with Crippen LogP contribution in [-0.4, -0.2) is 239 Å². The van der Waals surface area contributed by atoms with Crippen LogP contribution < -0.4 is 38.2 Å². The average molecular weight is 991 g/mol. The summed E-state index contributed by atoms with van der Waals surface area (Å²) >= 11 is 0. The van der Waals surface area contributed by atoms with Crippen LogP contribution in [-0.2, 0) is 0 Å². The predicted octanol–water partition coefficient (Wildman–Crippen LogP) is -4.08. The van der Waals surface area contributed by atoms with Crippen LogP contribution in [0.15, 0.2) is 0 Å². The minimum Gasteiger partial charge on any atom is -0.113 e. The molecule has 0 spiro atoms. The summed E-state index contributed by atoms with van der Waals surface area (Å²) in [5, 5.41) is 7.53. The largest absolute Gasteiger partial charge is 0.113 e. The van der Waals surface area contributed by atoms with Crippen molar-refractivity contribution in [1.29, 1.82) is 0 Å².